The summed E-state index contributed by atoms with van der Waals surface area (Å²) in [6.07, 6.45) is 0.0305. The molecule has 0 saturated carbocycles. The summed E-state index contributed by atoms with van der Waals surface area (Å²) >= 11 is 0. The molecule has 0 atom stereocenters. The number of hydrogen-bond acceptors (Lipinski definition) is 4. The van der Waals surface area contributed by atoms with Crippen LogP contribution in [0.2, 0.25) is 0 Å². The van der Waals surface area contributed by atoms with Crippen LogP contribution in [0.5, 0.6) is 5.75 Å². The molecule has 0 aliphatic heterocycles. The highest BCUT2D eigenvalue weighted by Crippen LogP contribution is 2.32. The van der Waals surface area contributed by atoms with Gasteiger partial charge in [-0.05, 0) is 31.2 Å². The van der Waals surface area contributed by atoms with Crippen molar-refractivity contribution in [2.45, 2.75) is 20.0 Å². The van der Waals surface area contributed by atoms with Crippen LogP contribution in [0.15, 0.2) is 23.4 Å². The molecule has 0 bridgehead atoms. The Morgan fingerprint density at radius 3 is 2.47 bits per heavy atom. The highest BCUT2D eigenvalue weighted by molar-refractivity contribution is 5.61. The lowest BCUT2D eigenvalue weighted by molar-refractivity contribution is 0.243. The number of nitrogens with zero attached hydrogens (tertiary/aromatic N) is 2. The molecule has 82 valence electrons. The number of benzene rings is 1. The van der Waals surface area contributed by atoms with E-state index in [-0.39, 0.29) is 6.10 Å². The third kappa shape index (κ3) is 2.94. The van der Waals surface area contributed by atoms with Crippen molar-refractivity contribution in [3.8, 4) is 5.75 Å². The molecule has 0 fully saturated rings. The maximum Gasteiger partial charge on any atom is 0.150 e. The molecule has 0 amide bonds. The van der Waals surface area contributed by atoms with Gasteiger partial charge in [0.05, 0.1) is 6.10 Å². The normalized spacial score (nSPS) is 10.2. The van der Waals surface area contributed by atoms with Crippen LogP contribution in [0.1, 0.15) is 13.8 Å². The van der Waals surface area contributed by atoms with Crippen molar-refractivity contribution in [3.63, 3.8) is 0 Å². The first-order valence-corrected chi connectivity index (χ1v) is 4.86. The smallest absolute Gasteiger partial charge is 0.150 e. The lowest BCUT2D eigenvalue weighted by atomic mass is 10.2. The molecule has 0 aliphatic rings. The standard InChI is InChI=1S/C11H16N2O2/c1-8(2)15-11-7-9(13(3)4)5-6-10(11)12-14/h5-8H,1-4H3. The van der Waals surface area contributed by atoms with Gasteiger partial charge in [0.25, 0.3) is 0 Å². The summed E-state index contributed by atoms with van der Waals surface area (Å²) in [7, 11) is 3.87. The summed E-state index contributed by atoms with van der Waals surface area (Å²) in [6.45, 7) is 3.83. The average Bonchev–Trinajstić information content (AvgIpc) is 2.16. The van der Waals surface area contributed by atoms with Crippen molar-refractivity contribution in [2.24, 2.45) is 5.18 Å². The molecule has 0 heterocycles. The van der Waals surface area contributed by atoms with Crippen molar-refractivity contribution in [3.05, 3.63) is 23.1 Å². The largest absolute Gasteiger partial charge is 0.489 e. The van der Waals surface area contributed by atoms with Gasteiger partial charge in [0.2, 0.25) is 0 Å². The highest BCUT2D eigenvalue weighted by atomic mass is 16.5. The Bertz CT molecular complexity index is 348. The van der Waals surface area contributed by atoms with Gasteiger partial charge in [-0.1, -0.05) is 0 Å². The monoisotopic (exact) mass is 208 g/mol. The molecule has 0 N–H and O–H groups in total. The predicted molar refractivity (Wildman–Crippen MR) is 62.0 cm³/mol. The fraction of sp³-hybridized carbons (Fsp3) is 0.455. The van der Waals surface area contributed by atoms with Crippen LogP contribution >= 0.6 is 0 Å². The lowest BCUT2D eigenvalue weighted by Gasteiger charge is -2.16. The van der Waals surface area contributed by atoms with Gasteiger partial charge in [0, 0.05) is 25.8 Å². The second-order valence-electron chi connectivity index (χ2n) is 3.80. The first-order valence-electron chi connectivity index (χ1n) is 4.86. The summed E-state index contributed by atoms with van der Waals surface area (Å²) in [5.74, 6) is 0.534. The Labute approximate surface area is 89.8 Å². The average molecular weight is 208 g/mol. The minimum atomic E-state index is 0.0305. The van der Waals surface area contributed by atoms with Gasteiger partial charge in [-0.2, -0.15) is 0 Å². The van der Waals surface area contributed by atoms with Crippen LogP contribution in [-0.4, -0.2) is 20.2 Å². The molecule has 1 rings (SSSR count). The first-order chi connectivity index (χ1) is 7.04. The van der Waals surface area contributed by atoms with E-state index in [0.717, 1.165) is 5.69 Å². The summed E-state index contributed by atoms with van der Waals surface area (Å²) in [6, 6.07) is 5.32. The Balaban J connectivity index is 3.07. The number of anilines is 1. The Morgan fingerprint density at radius 2 is 2.00 bits per heavy atom. The molecule has 1 aromatic rings. The van der Waals surface area contributed by atoms with Gasteiger partial charge in [-0.25, -0.2) is 0 Å². The van der Waals surface area contributed by atoms with E-state index in [2.05, 4.69) is 5.18 Å². The summed E-state index contributed by atoms with van der Waals surface area (Å²) in [5.41, 5.74) is 1.33. The summed E-state index contributed by atoms with van der Waals surface area (Å²) in [5, 5.41) is 2.93. The van der Waals surface area contributed by atoms with Crippen molar-refractivity contribution in [1.82, 2.24) is 0 Å². The summed E-state index contributed by atoms with van der Waals surface area (Å²) < 4.78 is 5.51. The molecule has 0 spiro atoms. The second-order valence-corrected chi connectivity index (χ2v) is 3.80. The molecule has 0 aromatic heterocycles. The van der Waals surface area contributed by atoms with E-state index >= 15 is 0 Å². The Kier molecular flexibility index (Phi) is 3.66. The minimum absolute atomic E-state index is 0.0305. The number of hydrogen-bond donors (Lipinski definition) is 0. The van der Waals surface area contributed by atoms with E-state index in [1.165, 1.54) is 0 Å². The third-order valence-electron chi connectivity index (χ3n) is 1.92. The zero-order valence-electron chi connectivity index (χ0n) is 9.52. The minimum Gasteiger partial charge on any atom is -0.489 e. The van der Waals surface area contributed by atoms with Gasteiger partial charge < -0.3 is 9.64 Å². The molecule has 0 radical (unpaired) electrons. The summed E-state index contributed by atoms with van der Waals surface area (Å²) in [4.78, 5) is 12.5. The molecule has 4 nitrogen and oxygen atoms in total. The van der Waals surface area contributed by atoms with E-state index in [0.29, 0.717) is 11.4 Å². The Hall–Kier alpha value is -1.58. The lowest BCUT2D eigenvalue weighted by Crippen LogP contribution is -2.10. The molecule has 0 aliphatic carbocycles. The molecular weight excluding hydrogens is 192 g/mol. The molecule has 0 saturated heterocycles. The van der Waals surface area contributed by atoms with E-state index in [1.807, 2.05) is 45.0 Å². The van der Waals surface area contributed by atoms with Crippen molar-refractivity contribution < 1.29 is 4.74 Å². The molecule has 1 aromatic carbocycles. The highest BCUT2D eigenvalue weighted by Gasteiger charge is 2.08. The third-order valence-corrected chi connectivity index (χ3v) is 1.92. The van der Waals surface area contributed by atoms with Crippen LogP contribution in [-0.2, 0) is 0 Å². The maximum atomic E-state index is 10.5. The number of nitroso groups, excluding NO2 is 1. The van der Waals surface area contributed by atoms with Crippen molar-refractivity contribution in [1.29, 1.82) is 0 Å². The van der Waals surface area contributed by atoms with Gasteiger partial charge in [-0.3, -0.25) is 0 Å². The maximum absolute atomic E-state index is 10.5. The molecule has 4 heteroatoms. The fourth-order valence-electron chi connectivity index (χ4n) is 1.20. The zero-order valence-corrected chi connectivity index (χ0v) is 9.52. The van der Waals surface area contributed by atoms with Crippen molar-refractivity contribution in [2.75, 3.05) is 19.0 Å². The van der Waals surface area contributed by atoms with E-state index in [1.54, 1.807) is 6.07 Å². The predicted octanol–water partition coefficient (Wildman–Crippen LogP) is 2.94. The van der Waals surface area contributed by atoms with Crippen LogP contribution in [0, 0.1) is 4.91 Å². The SMILES string of the molecule is CC(C)Oc1cc(N(C)C)ccc1N=O. The zero-order chi connectivity index (χ0) is 11.4. The molecule has 15 heavy (non-hydrogen) atoms. The van der Waals surface area contributed by atoms with Crippen LogP contribution in [0.3, 0.4) is 0 Å². The first kappa shape index (κ1) is 11.5. The van der Waals surface area contributed by atoms with E-state index in [4.69, 9.17) is 4.74 Å². The number of rotatable bonds is 4. The molecule has 0 unspecified atom stereocenters. The second kappa shape index (κ2) is 4.77. The van der Waals surface area contributed by atoms with Gasteiger partial charge in [0.1, 0.15) is 5.69 Å². The van der Waals surface area contributed by atoms with E-state index < -0.39 is 0 Å². The van der Waals surface area contributed by atoms with Crippen LogP contribution in [0.4, 0.5) is 11.4 Å². The Morgan fingerprint density at radius 1 is 1.33 bits per heavy atom. The quantitative estimate of drug-likeness (QED) is 0.714. The van der Waals surface area contributed by atoms with Gasteiger partial charge >= 0.3 is 0 Å². The molecular formula is C11H16N2O2. The van der Waals surface area contributed by atoms with Gasteiger partial charge in [0.15, 0.2) is 5.75 Å². The van der Waals surface area contributed by atoms with Gasteiger partial charge in [-0.15, -0.1) is 4.91 Å². The fourth-order valence-corrected chi connectivity index (χ4v) is 1.20. The van der Waals surface area contributed by atoms with Crippen LogP contribution in [0.25, 0.3) is 0 Å². The number of ether oxygens (including phenoxy) is 1. The van der Waals surface area contributed by atoms with Crippen LogP contribution < -0.4 is 9.64 Å². The van der Waals surface area contributed by atoms with Crippen molar-refractivity contribution >= 4 is 11.4 Å². The van der Waals surface area contributed by atoms with E-state index in [9.17, 15) is 4.91 Å². The topological polar surface area (TPSA) is 41.9 Å².